The van der Waals surface area contributed by atoms with E-state index in [-0.39, 0.29) is 29.0 Å². The molecule has 0 aromatic heterocycles. The molecule has 3 aromatic rings. The molecular weight excluding hydrogens is 582 g/mol. The Hall–Kier alpha value is -4.25. The molecule has 238 valence electrons. The number of anilines is 1. The first-order valence-corrected chi connectivity index (χ1v) is 15.8. The number of nitrogens with zero attached hydrogens (tertiary/aromatic N) is 2. The van der Waals surface area contributed by atoms with E-state index in [1.165, 1.54) is 37.3 Å². The molecule has 11 heteroatoms. The molecule has 0 saturated carbocycles. The van der Waals surface area contributed by atoms with Gasteiger partial charge in [0.2, 0.25) is 11.8 Å². The van der Waals surface area contributed by atoms with Crippen LogP contribution >= 0.6 is 0 Å². The molecule has 0 radical (unpaired) electrons. The highest BCUT2D eigenvalue weighted by Gasteiger charge is 2.33. The van der Waals surface area contributed by atoms with Crippen molar-refractivity contribution in [3.05, 3.63) is 77.4 Å². The molecule has 0 aliphatic heterocycles. The highest BCUT2D eigenvalue weighted by molar-refractivity contribution is 7.92. The largest absolute Gasteiger partial charge is 0.497 e. The maximum absolute atomic E-state index is 14.3. The number of carbonyl (C=O) groups is 2. The zero-order valence-electron chi connectivity index (χ0n) is 26.7. The second kappa shape index (κ2) is 15.0. The van der Waals surface area contributed by atoms with Gasteiger partial charge in [-0.05, 0) is 79.8 Å². The van der Waals surface area contributed by atoms with E-state index in [9.17, 15) is 18.0 Å². The highest BCUT2D eigenvalue weighted by Crippen LogP contribution is 2.33. The van der Waals surface area contributed by atoms with E-state index in [2.05, 4.69) is 5.32 Å². The van der Waals surface area contributed by atoms with Crippen molar-refractivity contribution in [2.45, 2.75) is 52.1 Å². The van der Waals surface area contributed by atoms with Crippen LogP contribution in [0.15, 0.2) is 65.6 Å². The fraction of sp³-hybridized carbons (Fsp3) is 0.394. The van der Waals surface area contributed by atoms with Crippen LogP contribution in [0.2, 0.25) is 0 Å². The number of methoxy groups -OCH3 is 3. The van der Waals surface area contributed by atoms with Crippen molar-refractivity contribution in [2.24, 2.45) is 5.92 Å². The maximum Gasteiger partial charge on any atom is 0.264 e. The van der Waals surface area contributed by atoms with Gasteiger partial charge in [0.05, 0.1) is 31.9 Å². The quantitative estimate of drug-likeness (QED) is 0.276. The van der Waals surface area contributed by atoms with E-state index < -0.39 is 28.5 Å². The zero-order valence-corrected chi connectivity index (χ0v) is 27.5. The van der Waals surface area contributed by atoms with Crippen molar-refractivity contribution >= 4 is 27.5 Å². The van der Waals surface area contributed by atoms with Gasteiger partial charge in [-0.15, -0.1) is 0 Å². The van der Waals surface area contributed by atoms with E-state index in [0.717, 1.165) is 21.0 Å². The van der Waals surface area contributed by atoms with E-state index in [1.54, 1.807) is 50.4 Å². The molecule has 0 bridgehead atoms. The summed E-state index contributed by atoms with van der Waals surface area (Å²) in [4.78, 5) is 28.7. The molecule has 0 saturated heterocycles. The Balaban J connectivity index is 2.09. The fourth-order valence-electron chi connectivity index (χ4n) is 4.69. The van der Waals surface area contributed by atoms with Gasteiger partial charge in [0.1, 0.15) is 18.3 Å². The monoisotopic (exact) mass is 625 g/mol. The minimum Gasteiger partial charge on any atom is -0.497 e. The lowest BCUT2D eigenvalue weighted by Crippen LogP contribution is -2.51. The summed E-state index contributed by atoms with van der Waals surface area (Å²) in [5, 5.41) is 2.89. The number of aryl methyl sites for hydroxylation is 2. The molecule has 0 aliphatic carbocycles. The van der Waals surface area contributed by atoms with Crippen molar-refractivity contribution in [2.75, 3.05) is 38.7 Å². The summed E-state index contributed by atoms with van der Waals surface area (Å²) < 4.78 is 45.5. The first-order valence-electron chi connectivity index (χ1n) is 14.3. The predicted octanol–water partition coefficient (Wildman–Crippen LogP) is 4.71. The average molecular weight is 626 g/mol. The molecule has 3 rings (SSSR count). The molecule has 0 aliphatic rings. The van der Waals surface area contributed by atoms with Crippen LogP contribution in [0.5, 0.6) is 17.2 Å². The van der Waals surface area contributed by atoms with E-state index in [1.807, 2.05) is 33.8 Å². The van der Waals surface area contributed by atoms with Gasteiger partial charge >= 0.3 is 0 Å². The number of nitrogens with one attached hydrogen (secondary N) is 1. The number of benzene rings is 3. The van der Waals surface area contributed by atoms with Crippen molar-refractivity contribution in [3.8, 4) is 17.2 Å². The summed E-state index contributed by atoms with van der Waals surface area (Å²) in [6, 6.07) is 15.9. The third kappa shape index (κ3) is 8.43. The Labute approximate surface area is 261 Å². The Bertz CT molecular complexity index is 1540. The molecule has 1 atom stereocenters. The second-order valence-corrected chi connectivity index (χ2v) is 12.9. The maximum atomic E-state index is 14.3. The van der Waals surface area contributed by atoms with Gasteiger partial charge in [-0.2, -0.15) is 0 Å². The van der Waals surface area contributed by atoms with Crippen LogP contribution in [0.25, 0.3) is 0 Å². The third-order valence-corrected chi connectivity index (χ3v) is 8.85. The molecule has 2 amide bonds. The highest BCUT2D eigenvalue weighted by atomic mass is 32.2. The number of sulfonamides is 1. The van der Waals surface area contributed by atoms with E-state index >= 15 is 0 Å². The van der Waals surface area contributed by atoms with Crippen molar-refractivity contribution in [3.63, 3.8) is 0 Å². The molecule has 44 heavy (non-hydrogen) atoms. The van der Waals surface area contributed by atoms with Crippen molar-refractivity contribution in [1.29, 1.82) is 0 Å². The van der Waals surface area contributed by atoms with Crippen LogP contribution in [0, 0.1) is 19.8 Å². The summed E-state index contributed by atoms with van der Waals surface area (Å²) in [5.74, 6) is 0.585. The molecule has 1 N–H and O–H groups in total. The lowest BCUT2D eigenvalue weighted by molar-refractivity contribution is -0.139. The van der Waals surface area contributed by atoms with Gasteiger partial charge in [0, 0.05) is 19.2 Å². The van der Waals surface area contributed by atoms with Gasteiger partial charge in [-0.25, -0.2) is 8.42 Å². The topological polar surface area (TPSA) is 114 Å². The Morgan fingerprint density at radius 3 is 1.98 bits per heavy atom. The van der Waals surface area contributed by atoms with Crippen LogP contribution < -0.4 is 23.8 Å². The molecule has 0 spiro atoms. The summed E-state index contributed by atoms with van der Waals surface area (Å²) in [6.07, 6.45) is 0. The lowest BCUT2D eigenvalue weighted by atomic mass is 10.1. The predicted molar refractivity (Wildman–Crippen MR) is 171 cm³/mol. The van der Waals surface area contributed by atoms with Crippen LogP contribution in [0.1, 0.15) is 37.5 Å². The molecule has 0 heterocycles. The molecule has 10 nitrogen and oxygen atoms in total. The van der Waals surface area contributed by atoms with Crippen LogP contribution in [0.4, 0.5) is 5.69 Å². The Morgan fingerprint density at radius 1 is 0.818 bits per heavy atom. The number of rotatable bonds is 14. The van der Waals surface area contributed by atoms with Crippen molar-refractivity contribution < 1.29 is 32.2 Å². The Morgan fingerprint density at radius 2 is 1.43 bits per heavy atom. The van der Waals surface area contributed by atoms with Crippen molar-refractivity contribution in [1.82, 2.24) is 10.2 Å². The first-order chi connectivity index (χ1) is 20.8. The smallest absolute Gasteiger partial charge is 0.264 e. The number of amides is 2. The van der Waals surface area contributed by atoms with Gasteiger partial charge in [-0.1, -0.05) is 32.0 Å². The summed E-state index contributed by atoms with van der Waals surface area (Å²) in [5.41, 5.74) is 2.74. The second-order valence-electron chi connectivity index (χ2n) is 11.1. The fourth-order valence-corrected chi connectivity index (χ4v) is 6.10. The minimum atomic E-state index is -4.29. The number of carbonyl (C=O) groups excluding carboxylic acids is 2. The SMILES string of the molecule is COc1ccc(CN(C(=O)CN(c2cc(C)cc(C)c2)S(=O)(=O)c2ccc(OC)c(OC)c2)[C@@H](C)C(=O)NCC(C)C)cc1. The van der Waals surface area contributed by atoms with Crippen LogP contribution in [0.3, 0.4) is 0 Å². The van der Waals surface area contributed by atoms with E-state index in [4.69, 9.17) is 14.2 Å². The van der Waals surface area contributed by atoms with Crippen LogP contribution in [-0.2, 0) is 26.2 Å². The van der Waals surface area contributed by atoms with Crippen LogP contribution in [-0.4, -0.2) is 65.6 Å². The summed E-state index contributed by atoms with van der Waals surface area (Å²) in [7, 11) is 0.152. The molecule has 0 fully saturated rings. The van der Waals surface area contributed by atoms with E-state index in [0.29, 0.717) is 23.7 Å². The zero-order chi connectivity index (χ0) is 32.6. The van der Waals surface area contributed by atoms with Gasteiger partial charge in [0.15, 0.2) is 11.5 Å². The standard InChI is InChI=1S/C33H43N3O7S/c1-22(2)19-34-33(38)25(5)35(20-26-9-11-28(41-6)12-10-26)32(37)21-36(27-16-23(3)15-24(4)17-27)44(39,40)29-13-14-30(42-7)31(18-29)43-8/h9-18,22,25H,19-21H2,1-8H3,(H,34,38)/t25-/m0/s1. The van der Waals surface area contributed by atoms with Gasteiger partial charge < -0.3 is 24.4 Å². The number of hydrogen-bond acceptors (Lipinski definition) is 7. The number of hydrogen-bond donors (Lipinski definition) is 1. The molecular formula is C33H43N3O7S. The third-order valence-electron chi connectivity index (χ3n) is 7.08. The Kier molecular flexibility index (Phi) is 11.6. The van der Waals surface area contributed by atoms with Gasteiger partial charge in [0.25, 0.3) is 10.0 Å². The molecule has 0 unspecified atom stereocenters. The first kappa shape index (κ1) is 34.2. The van der Waals surface area contributed by atoms with Gasteiger partial charge in [-0.3, -0.25) is 13.9 Å². The number of ether oxygens (including phenoxy) is 3. The molecule has 3 aromatic carbocycles. The summed E-state index contributed by atoms with van der Waals surface area (Å²) >= 11 is 0. The average Bonchev–Trinajstić information content (AvgIpc) is 2.99. The lowest BCUT2D eigenvalue weighted by Gasteiger charge is -2.32. The minimum absolute atomic E-state index is 0.0773. The normalized spacial score (nSPS) is 11.9. The summed E-state index contributed by atoms with van der Waals surface area (Å²) in [6.45, 7) is 9.29.